The molecule has 35 heavy (non-hydrogen) atoms. The van der Waals surface area contributed by atoms with Crippen molar-refractivity contribution in [1.29, 1.82) is 0 Å². The first-order valence-electron chi connectivity index (χ1n) is 11.3. The first-order chi connectivity index (χ1) is 16.5. The van der Waals surface area contributed by atoms with E-state index < -0.39 is 66.1 Å². The van der Waals surface area contributed by atoms with E-state index in [9.17, 15) is 29.1 Å². The number of amides is 4. The van der Waals surface area contributed by atoms with Crippen LogP contribution >= 0.6 is 0 Å². The van der Waals surface area contributed by atoms with Gasteiger partial charge in [-0.05, 0) is 25.3 Å². The molecule has 11 N–H and O–H groups in total. The van der Waals surface area contributed by atoms with Crippen LogP contribution in [0.15, 0.2) is 12.5 Å². The first-order valence-corrected chi connectivity index (χ1v) is 11.3. The minimum absolute atomic E-state index is 0.0122. The minimum Gasteiger partial charge on any atom is -0.480 e. The first kappa shape index (κ1) is 29.5. The number of primary amides is 1. The highest BCUT2D eigenvalue weighted by atomic mass is 16.4. The van der Waals surface area contributed by atoms with Gasteiger partial charge in [0.25, 0.3) is 0 Å². The minimum atomic E-state index is -1.46. The second kappa shape index (κ2) is 14.7. The smallest absolute Gasteiger partial charge is 0.326 e. The number of nitrogens with two attached hydrogens (primary N) is 3. The Kier molecular flexibility index (Phi) is 12.4. The fourth-order valence-electron chi connectivity index (χ4n) is 3.19. The van der Waals surface area contributed by atoms with Crippen LogP contribution in [-0.2, 0) is 30.4 Å². The number of nitrogens with zero attached hydrogens (tertiary/aromatic N) is 1. The van der Waals surface area contributed by atoms with Crippen LogP contribution in [-0.4, -0.2) is 75.4 Å². The molecule has 1 aromatic rings. The molecule has 1 heterocycles. The third-order valence-electron chi connectivity index (χ3n) is 5.19. The Morgan fingerprint density at radius 2 is 1.66 bits per heavy atom. The van der Waals surface area contributed by atoms with Crippen LogP contribution in [0.4, 0.5) is 0 Å². The average Bonchev–Trinajstić information content (AvgIpc) is 3.28. The molecule has 4 atom stereocenters. The van der Waals surface area contributed by atoms with Gasteiger partial charge in [0.05, 0.1) is 18.8 Å². The van der Waals surface area contributed by atoms with Crippen LogP contribution in [0.5, 0.6) is 0 Å². The Morgan fingerprint density at radius 3 is 2.17 bits per heavy atom. The number of hydrogen-bond donors (Lipinski definition) is 8. The van der Waals surface area contributed by atoms with Crippen molar-refractivity contribution in [2.75, 3.05) is 6.54 Å². The lowest BCUT2D eigenvalue weighted by molar-refractivity contribution is -0.143. The number of nitrogens with one attached hydrogen (secondary N) is 4. The van der Waals surface area contributed by atoms with Crippen molar-refractivity contribution in [2.45, 2.75) is 70.1 Å². The number of aromatic amines is 1. The summed E-state index contributed by atoms with van der Waals surface area (Å²) in [7, 11) is 0. The molecule has 0 aliphatic carbocycles. The summed E-state index contributed by atoms with van der Waals surface area (Å²) < 4.78 is 0. The lowest BCUT2D eigenvalue weighted by Gasteiger charge is -2.25. The predicted octanol–water partition coefficient (Wildman–Crippen LogP) is -2.52. The van der Waals surface area contributed by atoms with E-state index in [2.05, 4.69) is 25.9 Å². The molecular weight excluding hydrogens is 460 g/mol. The molecule has 0 fully saturated rings. The van der Waals surface area contributed by atoms with Crippen molar-refractivity contribution in [3.8, 4) is 0 Å². The fraction of sp³-hybridized carbons (Fsp3) is 0.619. The van der Waals surface area contributed by atoms with Gasteiger partial charge in [0.1, 0.15) is 18.1 Å². The molecular formula is C21H36N8O6. The average molecular weight is 497 g/mol. The highest BCUT2D eigenvalue weighted by Gasteiger charge is 2.32. The predicted molar refractivity (Wildman–Crippen MR) is 125 cm³/mol. The number of H-pyrrole nitrogens is 1. The molecule has 14 heteroatoms. The van der Waals surface area contributed by atoms with Crippen LogP contribution in [0, 0.1) is 5.92 Å². The Bertz CT molecular complexity index is 860. The van der Waals surface area contributed by atoms with Gasteiger partial charge in [0.15, 0.2) is 0 Å². The molecule has 196 valence electrons. The maximum Gasteiger partial charge on any atom is 0.326 e. The molecule has 0 aliphatic heterocycles. The van der Waals surface area contributed by atoms with E-state index >= 15 is 0 Å². The number of imidazole rings is 1. The second-order valence-corrected chi connectivity index (χ2v) is 8.53. The highest BCUT2D eigenvalue weighted by molar-refractivity contribution is 5.96. The third-order valence-corrected chi connectivity index (χ3v) is 5.19. The Hall–Kier alpha value is -3.52. The van der Waals surface area contributed by atoms with E-state index in [4.69, 9.17) is 17.2 Å². The van der Waals surface area contributed by atoms with Crippen molar-refractivity contribution < 1.29 is 29.1 Å². The fourth-order valence-corrected chi connectivity index (χ4v) is 3.19. The second-order valence-electron chi connectivity index (χ2n) is 8.53. The molecule has 0 saturated heterocycles. The van der Waals surface area contributed by atoms with Crippen molar-refractivity contribution in [2.24, 2.45) is 23.1 Å². The van der Waals surface area contributed by atoms with E-state index in [1.54, 1.807) is 13.8 Å². The van der Waals surface area contributed by atoms with Crippen molar-refractivity contribution in [3.05, 3.63) is 18.2 Å². The van der Waals surface area contributed by atoms with Gasteiger partial charge < -0.3 is 43.2 Å². The molecule has 1 aromatic heterocycles. The monoisotopic (exact) mass is 496 g/mol. The quantitative estimate of drug-likeness (QED) is 0.112. The summed E-state index contributed by atoms with van der Waals surface area (Å²) in [4.78, 5) is 68.0. The SMILES string of the molecule is CC(C)C(NC(=O)C(CC(N)=O)NC(=O)C(Cc1cnc[nH]1)NC(=O)C(N)CCCCN)C(=O)O. The van der Waals surface area contributed by atoms with Crippen LogP contribution in [0.3, 0.4) is 0 Å². The number of carboxylic acid groups (broad SMARTS) is 1. The Morgan fingerprint density at radius 1 is 1.03 bits per heavy atom. The Balaban J connectivity index is 3.02. The number of carbonyl (C=O) groups is 5. The molecule has 0 aliphatic rings. The number of aromatic nitrogens is 2. The van der Waals surface area contributed by atoms with E-state index in [0.29, 0.717) is 31.5 Å². The zero-order chi connectivity index (χ0) is 26.5. The number of carbonyl (C=O) groups excluding carboxylic acids is 4. The molecule has 0 spiro atoms. The summed E-state index contributed by atoms with van der Waals surface area (Å²) in [6.45, 7) is 3.64. The summed E-state index contributed by atoms with van der Waals surface area (Å²) in [6.07, 6.45) is 3.95. The van der Waals surface area contributed by atoms with Crippen LogP contribution < -0.4 is 33.2 Å². The molecule has 1 rings (SSSR count). The summed E-state index contributed by atoms with van der Waals surface area (Å²) in [5.41, 5.74) is 17.1. The van der Waals surface area contributed by atoms with Gasteiger partial charge in [-0.2, -0.15) is 0 Å². The largest absolute Gasteiger partial charge is 0.480 e. The van der Waals surface area contributed by atoms with Crippen molar-refractivity contribution in [1.82, 2.24) is 25.9 Å². The van der Waals surface area contributed by atoms with Crippen LogP contribution in [0.2, 0.25) is 0 Å². The number of carboxylic acids is 1. The molecule has 0 aromatic carbocycles. The summed E-state index contributed by atoms with van der Waals surface area (Å²) >= 11 is 0. The highest BCUT2D eigenvalue weighted by Crippen LogP contribution is 2.06. The van der Waals surface area contributed by atoms with Crippen LogP contribution in [0.25, 0.3) is 0 Å². The summed E-state index contributed by atoms with van der Waals surface area (Å²) in [5, 5.41) is 16.6. The van der Waals surface area contributed by atoms with E-state index in [0.717, 1.165) is 0 Å². The van der Waals surface area contributed by atoms with Crippen molar-refractivity contribution in [3.63, 3.8) is 0 Å². The van der Waals surface area contributed by atoms with Gasteiger partial charge >= 0.3 is 5.97 Å². The summed E-state index contributed by atoms with van der Waals surface area (Å²) in [5.74, 6) is -4.90. The van der Waals surface area contributed by atoms with E-state index in [1.807, 2.05) is 0 Å². The van der Waals surface area contributed by atoms with Crippen molar-refractivity contribution >= 4 is 29.6 Å². The lowest BCUT2D eigenvalue weighted by atomic mass is 10.0. The Labute approximate surface area is 203 Å². The number of aliphatic carboxylic acids is 1. The normalized spacial score (nSPS) is 14.4. The molecule has 14 nitrogen and oxygen atoms in total. The van der Waals surface area contributed by atoms with Gasteiger partial charge in [-0.1, -0.05) is 20.3 Å². The maximum atomic E-state index is 13.1. The van der Waals surface area contributed by atoms with Gasteiger partial charge in [0.2, 0.25) is 23.6 Å². The number of hydrogen-bond acceptors (Lipinski definition) is 8. The maximum absolute atomic E-state index is 13.1. The lowest BCUT2D eigenvalue weighted by Crippen LogP contribution is -2.58. The van der Waals surface area contributed by atoms with Gasteiger partial charge in [-0.3, -0.25) is 19.2 Å². The third kappa shape index (κ3) is 10.5. The topological polar surface area (TPSA) is 248 Å². The van der Waals surface area contributed by atoms with Gasteiger partial charge in [-0.25, -0.2) is 9.78 Å². The molecule has 0 radical (unpaired) electrons. The molecule has 4 unspecified atom stereocenters. The van der Waals surface area contributed by atoms with E-state index in [-0.39, 0.29) is 6.42 Å². The van der Waals surface area contributed by atoms with Gasteiger partial charge in [0, 0.05) is 18.3 Å². The number of rotatable bonds is 16. The molecule has 0 saturated carbocycles. The van der Waals surface area contributed by atoms with Crippen LogP contribution in [0.1, 0.15) is 45.2 Å². The van der Waals surface area contributed by atoms with E-state index in [1.165, 1.54) is 12.5 Å². The standard InChI is InChI=1S/C21H36N8O6/c1-11(2)17(21(34)35)29-20(33)15(8-16(24)30)28-19(32)14(7-12-9-25-10-26-12)27-18(31)13(23)5-3-4-6-22/h9-11,13-15,17H,3-8,22-23H2,1-2H3,(H2,24,30)(H,25,26)(H,27,31)(H,28,32)(H,29,33)(H,34,35). The molecule has 0 bridgehead atoms. The zero-order valence-electron chi connectivity index (χ0n) is 20.0. The molecule has 4 amide bonds. The zero-order valence-corrected chi connectivity index (χ0v) is 20.0. The summed E-state index contributed by atoms with van der Waals surface area (Å²) in [6, 6.07) is -4.76. The van der Waals surface area contributed by atoms with Gasteiger partial charge in [-0.15, -0.1) is 0 Å². The number of unbranched alkanes of at least 4 members (excludes halogenated alkanes) is 1.